The van der Waals surface area contributed by atoms with Gasteiger partial charge in [-0.15, -0.1) is 0 Å². The van der Waals surface area contributed by atoms with Crippen molar-refractivity contribution in [2.24, 2.45) is 0 Å². The van der Waals surface area contributed by atoms with Crippen molar-refractivity contribution in [3.63, 3.8) is 0 Å². The highest BCUT2D eigenvalue weighted by molar-refractivity contribution is 7.99. The first kappa shape index (κ1) is 17.9. The van der Waals surface area contributed by atoms with Crippen molar-refractivity contribution in [1.82, 2.24) is 9.55 Å². The number of nitrogens with zero attached hydrogens (tertiary/aromatic N) is 3. The standard InChI is InChI=1S/C18H17N3O4S/c1-2-20-17(22)15-8-3-4-9-16(15)19-18(20)26-11-10-25-14-7-5-6-13(12-14)21(23)24/h3-9,12H,2,10-11H2,1H3. The first-order chi connectivity index (χ1) is 12.6. The van der Waals surface area contributed by atoms with Crippen molar-refractivity contribution >= 4 is 28.4 Å². The zero-order valence-electron chi connectivity index (χ0n) is 14.1. The summed E-state index contributed by atoms with van der Waals surface area (Å²) in [6.45, 7) is 2.78. The van der Waals surface area contributed by atoms with E-state index in [0.29, 0.717) is 40.7 Å². The largest absolute Gasteiger partial charge is 0.492 e. The fourth-order valence-corrected chi connectivity index (χ4v) is 3.40. The Kier molecular flexibility index (Phi) is 5.52. The van der Waals surface area contributed by atoms with Crippen LogP contribution in [0.25, 0.3) is 10.9 Å². The number of fused-ring (bicyclic) bond motifs is 1. The number of hydrogen-bond donors (Lipinski definition) is 0. The Balaban J connectivity index is 1.69. The minimum Gasteiger partial charge on any atom is -0.492 e. The van der Waals surface area contributed by atoms with Crippen LogP contribution in [0.3, 0.4) is 0 Å². The molecule has 0 saturated heterocycles. The molecule has 0 saturated carbocycles. The summed E-state index contributed by atoms with van der Waals surface area (Å²) < 4.78 is 7.21. The van der Waals surface area contributed by atoms with Crippen molar-refractivity contribution in [3.8, 4) is 5.75 Å². The van der Waals surface area contributed by atoms with Gasteiger partial charge in [0.05, 0.1) is 28.5 Å². The molecule has 0 bridgehead atoms. The Morgan fingerprint density at radius 1 is 1.23 bits per heavy atom. The maximum atomic E-state index is 12.6. The van der Waals surface area contributed by atoms with Gasteiger partial charge in [-0.25, -0.2) is 4.98 Å². The van der Waals surface area contributed by atoms with Crippen LogP contribution in [0.2, 0.25) is 0 Å². The number of thioether (sulfide) groups is 1. The van der Waals surface area contributed by atoms with Gasteiger partial charge in [0, 0.05) is 18.4 Å². The molecule has 0 spiro atoms. The van der Waals surface area contributed by atoms with Crippen LogP contribution in [-0.4, -0.2) is 26.8 Å². The Labute approximate surface area is 153 Å². The molecule has 0 amide bonds. The number of nitro benzene ring substituents is 1. The lowest BCUT2D eigenvalue weighted by Gasteiger charge is -2.11. The SMILES string of the molecule is CCn1c(SCCOc2cccc([N+](=O)[O-])c2)nc2ccccc2c1=O. The van der Waals surface area contributed by atoms with E-state index in [1.54, 1.807) is 22.8 Å². The van der Waals surface area contributed by atoms with Crippen molar-refractivity contribution in [1.29, 1.82) is 0 Å². The van der Waals surface area contributed by atoms with E-state index in [1.807, 2.05) is 25.1 Å². The van der Waals surface area contributed by atoms with Crippen molar-refractivity contribution in [2.75, 3.05) is 12.4 Å². The minimum absolute atomic E-state index is 0.00818. The van der Waals surface area contributed by atoms with Gasteiger partial charge in [0.2, 0.25) is 0 Å². The predicted molar refractivity (Wildman–Crippen MR) is 101 cm³/mol. The molecule has 1 heterocycles. The second-order valence-corrected chi connectivity index (χ2v) is 6.47. The molecule has 7 nitrogen and oxygen atoms in total. The van der Waals surface area contributed by atoms with E-state index in [4.69, 9.17) is 4.74 Å². The number of non-ortho nitro benzene ring substituents is 1. The number of para-hydroxylation sites is 1. The Morgan fingerprint density at radius 3 is 2.81 bits per heavy atom. The van der Waals surface area contributed by atoms with Crippen LogP contribution < -0.4 is 10.3 Å². The second-order valence-electron chi connectivity index (χ2n) is 5.41. The second kappa shape index (κ2) is 8.01. The zero-order valence-corrected chi connectivity index (χ0v) is 14.9. The van der Waals surface area contributed by atoms with Crippen LogP contribution in [0.1, 0.15) is 6.92 Å². The quantitative estimate of drug-likeness (QED) is 0.208. The summed E-state index contributed by atoms with van der Waals surface area (Å²) in [7, 11) is 0. The lowest BCUT2D eigenvalue weighted by molar-refractivity contribution is -0.384. The average Bonchev–Trinajstić information content (AvgIpc) is 2.66. The first-order valence-corrected chi connectivity index (χ1v) is 9.08. The first-order valence-electron chi connectivity index (χ1n) is 8.09. The molecule has 0 atom stereocenters. The summed E-state index contributed by atoms with van der Waals surface area (Å²) in [5, 5.41) is 12.0. The van der Waals surface area contributed by atoms with Gasteiger partial charge in [0.25, 0.3) is 11.2 Å². The molecule has 0 radical (unpaired) electrons. The molecule has 0 unspecified atom stereocenters. The molecular weight excluding hydrogens is 354 g/mol. The molecule has 2 aromatic carbocycles. The van der Waals surface area contributed by atoms with Crippen LogP contribution in [0.5, 0.6) is 5.75 Å². The molecule has 0 aliphatic carbocycles. The topological polar surface area (TPSA) is 87.3 Å². The number of nitro groups is 1. The average molecular weight is 371 g/mol. The third-order valence-corrected chi connectivity index (χ3v) is 4.70. The van der Waals surface area contributed by atoms with Gasteiger partial charge in [-0.3, -0.25) is 19.5 Å². The number of ether oxygens (including phenoxy) is 1. The van der Waals surface area contributed by atoms with E-state index in [0.717, 1.165) is 0 Å². The van der Waals surface area contributed by atoms with Gasteiger partial charge in [0.1, 0.15) is 5.75 Å². The Morgan fingerprint density at radius 2 is 2.04 bits per heavy atom. The molecule has 3 aromatic rings. The highest BCUT2D eigenvalue weighted by Gasteiger charge is 2.10. The Hall–Kier alpha value is -2.87. The van der Waals surface area contributed by atoms with E-state index < -0.39 is 4.92 Å². The number of benzene rings is 2. The predicted octanol–water partition coefficient (Wildman–Crippen LogP) is 3.50. The summed E-state index contributed by atoms with van der Waals surface area (Å²) in [6.07, 6.45) is 0. The highest BCUT2D eigenvalue weighted by atomic mass is 32.2. The molecule has 0 aliphatic rings. The zero-order chi connectivity index (χ0) is 18.5. The number of hydrogen-bond acceptors (Lipinski definition) is 6. The van der Waals surface area contributed by atoms with Gasteiger partial charge >= 0.3 is 0 Å². The van der Waals surface area contributed by atoms with E-state index in [1.165, 1.54) is 23.9 Å². The van der Waals surface area contributed by atoms with Gasteiger partial charge in [-0.05, 0) is 25.1 Å². The molecule has 0 aliphatic heterocycles. The number of rotatable bonds is 7. The molecule has 0 fully saturated rings. The van der Waals surface area contributed by atoms with Crippen LogP contribution in [0, 0.1) is 10.1 Å². The lowest BCUT2D eigenvalue weighted by atomic mass is 10.2. The fourth-order valence-electron chi connectivity index (χ4n) is 2.52. The van der Waals surface area contributed by atoms with Crippen molar-refractivity contribution < 1.29 is 9.66 Å². The smallest absolute Gasteiger partial charge is 0.273 e. The Bertz CT molecular complexity index is 1000. The minimum atomic E-state index is -0.458. The van der Waals surface area contributed by atoms with E-state index in [2.05, 4.69) is 4.98 Å². The van der Waals surface area contributed by atoms with Gasteiger partial charge in [-0.1, -0.05) is 30.0 Å². The van der Waals surface area contributed by atoms with Gasteiger partial charge in [-0.2, -0.15) is 0 Å². The molecule has 3 rings (SSSR count). The summed E-state index contributed by atoms with van der Waals surface area (Å²) >= 11 is 1.42. The molecule has 134 valence electrons. The molecule has 0 N–H and O–H groups in total. The molecular formula is C18H17N3O4S. The van der Waals surface area contributed by atoms with Gasteiger partial charge < -0.3 is 4.74 Å². The summed E-state index contributed by atoms with van der Waals surface area (Å²) in [6, 6.07) is 13.3. The highest BCUT2D eigenvalue weighted by Crippen LogP contribution is 2.21. The third-order valence-electron chi connectivity index (χ3n) is 3.75. The van der Waals surface area contributed by atoms with Crippen molar-refractivity contribution in [3.05, 3.63) is 69.0 Å². The normalized spacial score (nSPS) is 10.8. The van der Waals surface area contributed by atoms with Gasteiger partial charge in [0.15, 0.2) is 5.16 Å². The summed E-state index contributed by atoms with van der Waals surface area (Å²) in [5.41, 5.74) is 0.607. The van der Waals surface area contributed by atoms with Crippen LogP contribution in [-0.2, 0) is 6.54 Å². The lowest BCUT2D eigenvalue weighted by Crippen LogP contribution is -2.22. The van der Waals surface area contributed by atoms with E-state index in [9.17, 15) is 14.9 Å². The fraction of sp³-hybridized carbons (Fsp3) is 0.222. The van der Waals surface area contributed by atoms with E-state index in [-0.39, 0.29) is 11.2 Å². The summed E-state index contributed by atoms with van der Waals surface area (Å²) in [4.78, 5) is 27.4. The van der Waals surface area contributed by atoms with Crippen LogP contribution in [0.15, 0.2) is 58.5 Å². The monoisotopic (exact) mass is 371 g/mol. The van der Waals surface area contributed by atoms with Crippen LogP contribution >= 0.6 is 11.8 Å². The molecule has 26 heavy (non-hydrogen) atoms. The molecule has 8 heteroatoms. The van der Waals surface area contributed by atoms with Crippen LogP contribution in [0.4, 0.5) is 5.69 Å². The van der Waals surface area contributed by atoms with E-state index >= 15 is 0 Å². The maximum Gasteiger partial charge on any atom is 0.273 e. The summed E-state index contributed by atoms with van der Waals surface area (Å²) in [5.74, 6) is 1.01. The number of aromatic nitrogens is 2. The van der Waals surface area contributed by atoms with Crippen molar-refractivity contribution in [2.45, 2.75) is 18.6 Å². The maximum absolute atomic E-state index is 12.6. The third kappa shape index (κ3) is 3.85. The molecule has 1 aromatic heterocycles.